The SMILES string of the molecule is CNc1cc(C)c(S(=O)(=O)N2CCC(N(C)C)C2)c(C)c1. The van der Waals surface area contributed by atoms with E-state index in [9.17, 15) is 8.42 Å². The van der Waals surface area contributed by atoms with Gasteiger partial charge in [-0.3, -0.25) is 0 Å². The maximum Gasteiger partial charge on any atom is 0.243 e. The van der Waals surface area contributed by atoms with E-state index >= 15 is 0 Å². The number of benzene rings is 1. The average molecular weight is 311 g/mol. The van der Waals surface area contributed by atoms with Crippen LogP contribution in [0.2, 0.25) is 0 Å². The molecule has 1 fully saturated rings. The van der Waals surface area contributed by atoms with Crippen LogP contribution in [0.3, 0.4) is 0 Å². The summed E-state index contributed by atoms with van der Waals surface area (Å²) in [7, 11) is 2.42. The predicted octanol–water partition coefficient (Wildman–Crippen LogP) is 1.67. The molecule has 0 aliphatic carbocycles. The molecule has 2 rings (SSSR count). The lowest BCUT2D eigenvalue weighted by Gasteiger charge is -2.22. The Morgan fingerprint density at radius 1 is 1.24 bits per heavy atom. The maximum absolute atomic E-state index is 12.9. The first kappa shape index (κ1) is 16.3. The number of hydrogen-bond donors (Lipinski definition) is 1. The fourth-order valence-corrected chi connectivity index (χ4v) is 4.88. The summed E-state index contributed by atoms with van der Waals surface area (Å²) in [6.07, 6.45) is 0.888. The van der Waals surface area contributed by atoms with Crippen LogP contribution in [0.1, 0.15) is 17.5 Å². The molecular weight excluding hydrogens is 286 g/mol. The molecule has 0 saturated carbocycles. The van der Waals surface area contributed by atoms with Crippen molar-refractivity contribution in [2.75, 3.05) is 39.5 Å². The molecule has 1 aliphatic heterocycles. The molecule has 0 spiro atoms. The second-order valence-corrected chi connectivity index (χ2v) is 7.83. The van der Waals surface area contributed by atoms with Crippen molar-refractivity contribution in [3.8, 4) is 0 Å². The zero-order valence-electron chi connectivity index (χ0n) is 13.5. The molecule has 1 aromatic carbocycles. The molecule has 21 heavy (non-hydrogen) atoms. The number of rotatable bonds is 4. The molecule has 0 radical (unpaired) electrons. The molecule has 1 N–H and O–H groups in total. The highest BCUT2D eigenvalue weighted by molar-refractivity contribution is 7.89. The van der Waals surface area contributed by atoms with Crippen molar-refractivity contribution in [2.45, 2.75) is 31.2 Å². The second-order valence-electron chi connectivity index (χ2n) is 5.96. The number of anilines is 1. The first-order valence-electron chi connectivity index (χ1n) is 7.23. The van der Waals surface area contributed by atoms with Gasteiger partial charge in [0.25, 0.3) is 0 Å². The largest absolute Gasteiger partial charge is 0.388 e. The van der Waals surface area contributed by atoms with E-state index in [1.165, 1.54) is 0 Å². The van der Waals surface area contributed by atoms with Crippen LogP contribution in [0.25, 0.3) is 0 Å². The highest BCUT2D eigenvalue weighted by Crippen LogP contribution is 2.29. The van der Waals surface area contributed by atoms with Crippen molar-refractivity contribution in [1.29, 1.82) is 0 Å². The third-order valence-corrected chi connectivity index (χ3v) is 6.37. The Labute approximate surface area is 128 Å². The minimum Gasteiger partial charge on any atom is -0.388 e. The molecule has 1 unspecified atom stereocenters. The van der Waals surface area contributed by atoms with Gasteiger partial charge in [0.05, 0.1) is 4.90 Å². The molecule has 6 heteroatoms. The smallest absolute Gasteiger partial charge is 0.243 e. The van der Waals surface area contributed by atoms with Crippen LogP contribution in [-0.2, 0) is 10.0 Å². The van der Waals surface area contributed by atoms with Crippen molar-refractivity contribution in [3.63, 3.8) is 0 Å². The van der Waals surface area contributed by atoms with Gasteiger partial charge in [0, 0.05) is 31.9 Å². The summed E-state index contributed by atoms with van der Waals surface area (Å²) >= 11 is 0. The Hall–Kier alpha value is -1.11. The van der Waals surface area contributed by atoms with Gasteiger partial charge in [0.15, 0.2) is 0 Å². The third-order valence-electron chi connectivity index (χ3n) is 4.20. The van der Waals surface area contributed by atoms with E-state index in [2.05, 4.69) is 10.2 Å². The number of hydrogen-bond acceptors (Lipinski definition) is 4. The summed E-state index contributed by atoms with van der Waals surface area (Å²) in [4.78, 5) is 2.56. The van der Waals surface area contributed by atoms with Gasteiger partial charge in [-0.25, -0.2) is 8.42 Å². The Bertz CT molecular complexity index is 603. The number of likely N-dealkylation sites (N-methyl/N-ethyl adjacent to an activating group) is 1. The number of sulfonamides is 1. The van der Waals surface area contributed by atoms with Crippen LogP contribution in [0.4, 0.5) is 5.69 Å². The first-order chi connectivity index (χ1) is 9.77. The molecule has 5 nitrogen and oxygen atoms in total. The first-order valence-corrected chi connectivity index (χ1v) is 8.67. The van der Waals surface area contributed by atoms with Crippen LogP contribution in [0.15, 0.2) is 17.0 Å². The standard InChI is InChI=1S/C15H25N3O2S/c1-11-8-13(16-3)9-12(2)15(11)21(19,20)18-7-6-14(10-18)17(4)5/h8-9,14,16H,6-7,10H2,1-5H3. The average Bonchev–Trinajstić information content (AvgIpc) is 2.87. The number of aryl methyl sites for hydroxylation is 2. The van der Waals surface area contributed by atoms with Crippen molar-refractivity contribution in [1.82, 2.24) is 9.21 Å². The van der Waals surface area contributed by atoms with Crippen LogP contribution in [0.5, 0.6) is 0 Å². The maximum atomic E-state index is 12.9. The minimum absolute atomic E-state index is 0.303. The van der Waals surface area contributed by atoms with Gasteiger partial charge in [-0.15, -0.1) is 0 Å². The normalized spacial score (nSPS) is 20.2. The van der Waals surface area contributed by atoms with Crippen molar-refractivity contribution in [2.24, 2.45) is 0 Å². The van der Waals surface area contributed by atoms with E-state index in [-0.39, 0.29) is 0 Å². The summed E-state index contributed by atoms with van der Waals surface area (Å²) in [5.74, 6) is 0. The van der Waals surface area contributed by atoms with Crippen molar-refractivity contribution < 1.29 is 8.42 Å². The number of nitrogens with zero attached hydrogens (tertiary/aromatic N) is 2. The van der Waals surface area contributed by atoms with Crippen LogP contribution in [0, 0.1) is 13.8 Å². The number of nitrogens with one attached hydrogen (secondary N) is 1. The lowest BCUT2D eigenvalue weighted by molar-refractivity contribution is 0.302. The van der Waals surface area contributed by atoms with E-state index in [0.29, 0.717) is 24.0 Å². The zero-order valence-corrected chi connectivity index (χ0v) is 14.3. The molecule has 1 aliphatic rings. The van der Waals surface area contributed by atoms with Crippen LogP contribution >= 0.6 is 0 Å². The summed E-state index contributed by atoms with van der Waals surface area (Å²) in [5.41, 5.74) is 2.54. The summed E-state index contributed by atoms with van der Waals surface area (Å²) in [5, 5.41) is 3.06. The predicted molar refractivity (Wildman–Crippen MR) is 86.3 cm³/mol. The Morgan fingerprint density at radius 3 is 2.24 bits per heavy atom. The molecule has 0 amide bonds. The Kier molecular flexibility index (Phi) is 4.60. The molecule has 1 atom stereocenters. The minimum atomic E-state index is -3.41. The van der Waals surface area contributed by atoms with Gasteiger partial charge in [-0.05, 0) is 57.6 Å². The molecule has 1 aromatic rings. The highest BCUT2D eigenvalue weighted by atomic mass is 32.2. The molecular formula is C15H25N3O2S. The van der Waals surface area contributed by atoms with E-state index in [0.717, 1.165) is 23.2 Å². The van der Waals surface area contributed by atoms with Crippen LogP contribution in [-0.4, -0.2) is 57.9 Å². The van der Waals surface area contributed by atoms with Gasteiger partial charge >= 0.3 is 0 Å². The van der Waals surface area contributed by atoms with Crippen molar-refractivity contribution in [3.05, 3.63) is 23.3 Å². The molecule has 1 heterocycles. The fraction of sp³-hybridized carbons (Fsp3) is 0.600. The topological polar surface area (TPSA) is 52.7 Å². The zero-order chi connectivity index (χ0) is 15.8. The summed E-state index contributed by atoms with van der Waals surface area (Å²) < 4.78 is 27.5. The fourth-order valence-electron chi connectivity index (χ4n) is 2.98. The lowest BCUT2D eigenvalue weighted by Crippen LogP contribution is -2.35. The van der Waals surface area contributed by atoms with E-state index in [1.54, 1.807) is 4.31 Å². The van der Waals surface area contributed by atoms with Gasteiger partial charge in [-0.2, -0.15) is 4.31 Å². The van der Waals surface area contributed by atoms with E-state index in [1.807, 2.05) is 47.1 Å². The Morgan fingerprint density at radius 2 is 1.81 bits per heavy atom. The van der Waals surface area contributed by atoms with E-state index < -0.39 is 10.0 Å². The molecule has 118 valence electrons. The second kappa shape index (κ2) is 5.94. The molecule has 0 bridgehead atoms. The Balaban J connectivity index is 2.37. The summed E-state index contributed by atoms with van der Waals surface area (Å²) in [6.45, 7) is 4.89. The van der Waals surface area contributed by atoms with E-state index in [4.69, 9.17) is 0 Å². The third kappa shape index (κ3) is 3.07. The molecule has 1 saturated heterocycles. The monoisotopic (exact) mass is 311 g/mol. The quantitative estimate of drug-likeness (QED) is 0.919. The van der Waals surface area contributed by atoms with Crippen molar-refractivity contribution >= 4 is 15.7 Å². The van der Waals surface area contributed by atoms with Gasteiger partial charge in [0.1, 0.15) is 0 Å². The van der Waals surface area contributed by atoms with Gasteiger partial charge in [-0.1, -0.05) is 0 Å². The molecule has 0 aromatic heterocycles. The highest BCUT2D eigenvalue weighted by Gasteiger charge is 2.35. The van der Waals surface area contributed by atoms with Gasteiger partial charge in [0.2, 0.25) is 10.0 Å². The lowest BCUT2D eigenvalue weighted by atomic mass is 10.1. The van der Waals surface area contributed by atoms with Gasteiger partial charge < -0.3 is 10.2 Å². The van der Waals surface area contributed by atoms with Crippen LogP contribution < -0.4 is 5.32 Å². The summed E-state index contributed by atoms with van der Waals surface area (Å²) in [6, 6.07) is 4.08.